The topological polar surface area (TPSA) is 67.7 Å². The maximum atomic E-state index is 13.3. The zero-order valence-electron chi connectivity index (χ0n) is 19.0. The van der Waals surface area contributed by atoms with Crippen molar-refractivity contribution in [2.75, 3.05) is 33.8 Å². The van der Waals surface area contributed by atoms with E-state index in [1.54, 1.807) is 25.2 Å². The molecule has 32 heavy (non-hydrogen) atoms. The summed E-state index contributed by atoms with van der Waals surface area (Å²) in [6.45, 7) is 4.86. The smallest absolute Gasteiger partial charge is 0.258 e. The Hall–Kier alpha value is -3.61. The van der Waals surface area contributed by atoms with Gasteiger partial charge in [-0.1, -0.05) is 12.1 Å². The minimum Gasteiger partial charge on any atom is -0.491 e. The fraction of sp³-hybridized carbons (Fsp3) is 0.320. The van der Waals surface area contributed by atoms with Crippen molar-refractivity contribution < 1.29 is 14.3 Å². The molecule has 0 saturated carbocycles. The minimum atomic E-state index is -0.161. The first-order valence-corrected chi connectivity index (χ1v) is 10.7. The van der Waals surface area contributed by atoms with E-state index in [-0.39, 0.29) is 18.4 Å². The Morgan fingerprint density at radius 3 is 2.56 bits per heavy atom. The zero-order chi connectivity index (χ0) is 22.8. The average molecular weight is 433 g/mol. The van der Waals surface area contributed by atoms with Crippen LogP contribution in [0.5, 0.6) is 5.75 Å². The van der Waals surface area contributed by atoms with Crippen molar-refractivity contribution in [1.82, 2.24) is 19.6 Å². The number of rotatable bonds is 5. The van der Waals surface area contributed by atoms with Crippen molar-refractivity contribution in [1.29, 1.82) is 0 Å². The summed E-state index contributed by atoms with van der Waals surface area (Å²) in [7, 11) is 3.39. The highest BCUT2D eigenvalue weighted by atomic mass is 16.5. The average Bonchev–Trinajstić information content (AvgIpc) is 3.27. The van der Waals surface area contributed by atoms with Gasteiger partial charge in [-0.3, -0.25) is 9.59 Å². The summed E-state index contributed by atoms with van der Waals surface area (Å²) in [4.78, 5) is 28.6. The molecular weight excluding hydrogens is 404 g/mol. The molecule has 2 heterocycles. The van der Waals surface area contributed by atoms with Gasteiger partial charge in [-0.25, -0.2) is 4.68 Å². The predicted molar refractivity (Wildman–Crippen MR) is 122 cm³/mol. The molecule has 0 unspecified atom stereocenters. The summed E-state index contributed by atoms with van der Waals surface area (Å²) in [5.74, 6) is 0.360. The van der Waals surface area contributed by atoms with Gasteiger partial charge in [0.2, 0.25) is 5.91 Å². The third-order valence-corrected chi connectivity index (χ3v) is 6.00. The number of fused-ring (bicyclic) bond motifs is 1. The summed E-state index contributed by atoms with van der Waals surface area (Å²) in [5, 5.41) is 4.26. The second-order valence-corrected chi connectivity index (χ2v) is 8.32. The van der Waals surface area contributed by atoms with Gasteiger partial charge in [0.15, 0.2) is 0 Å². The van der Waals surface area contributed by atoms with E-state index in [2.05, 4.69) is 24.2 Å². The Morgan fingerprint density at radius 1 is 1.16 bits per heavy atom. The van der Waals surface area contributed by atoms with Crippen molar-refractivity contribution in [3.05, 3.63) is 76.6 Å². The first-order chi connectivity index (χ1) is 15.3. The number of carbonyl (C=O) groups excluding carboxylic acids is 2. The maximum Gasteiger partial charge on any atom is 0.258 e. The van der Waals surface area contributed by atoms with E-state index in [0.29, 0.717) is 30.9 Å². The summed E-state index contributed by atoms with van der Waals surface area (Å²) in [6, 6.07) is 12.1. The van der Waals surface area contributed by atoms with Gasteiger partial charge in [-0.05, 0) is 66.8 Å². The molecule has 166 valence electrons. The number of ether oxygens (including phenoxy) is 1. The Labute approximate surface area is 188 Å². The first-order valence-electron chi connectivity index (χ1n) is 10.7. The highest BCUT2D eigenvalue weighted by molar-refractivity contribution is 6.00. The molecule has 7 heteroatoms. The molecule has 2 aromatic carbocycles. The number of carbonyl (C=O) groups is 2. The Kier molecular flexibility index (Phi) is 5.99. The molecule has 0 aliphatic carbocycles. The molecule has 0 radical (unpaired) electrons. The molecule has 7 nitrogen and oxygen atoms in total. The molecule has 4 rings (SSSR count). The molecule has 0 bridgehead atoms. The molecule has 1 aliphatic rings. The fourth-order valence-electron chi connectivity index (χ4n) is 3.88. The quantitative estimate of drug-likeness (QED) is 0.622. The zero-order valence-corrected chi connectivity index (χ0v) is 19.0. The molecular formula is C25H28N4O3. The van der Waals surface area contributed by atoms with Crippen molar-refractivity contribution in [2.24, 2.45) is 0 Å². The van der Waals surface area contributed by atoms with Gasteiger partial charge < -0.3 is 14.5 Å². The van der Waals surface area contributed by atoms with Crippen LogP contribution in [-0.2, 0) is 11.2 Å². The third kappa shape index (κ3) is 4.23. The second-order valence-electron chi connectivity index (χ2n) is 8.32. The normalized spacial score (nSPS) is 13.4. The number of hydrogen-bond donors (Lipinski definition) is 0. The van der Waals surface area contributed by atoms with Crippen molar-refractivity contribution in [3.63, 3.8) is 0 Å². The van der Waals surface area contributed by atoms with Crippen LogP contribution in [0.2, 0.25) is 0 Å². The molecule has 2 amide bonds. The van der Waals surface area contributed by atoms with Gasteiger partial charge in [0, 0.05) is 26.5 Å². The van der Waals surface area contributed by atoms with E-state index in [4.69, 9.17) is 4.74 Å². The second kappa shape index (κ2) is 8.86. The van der Waals surface area contributed by atoms with E-state index in [9.17, 15) is 9.59 Å². The fourth-order valence-corrected chi connectivity index (χ4v) is 3.88. The van der Waals surface area contributed by atoms with Crippen LogP contribution in [0.25, 0.3) is 5.69 Å². The lowest BCUT2D eigenvalue weighted by Gasteiger charge is -2.22. The Morgan fingerprint density at radius 2 is 1.91 bits per heavy atom. The summed E-state index contributed by atoms with van der Waals surface area (Å²) in [6.07, 6.45) is 4.36. The van der Waals surface area contributed by atoms with Gasteiger partial charge in [0.1, 0.15) is 18.9 Å². The molecule has 3 aromatic rings. The van der Waals surface area contributed by atoms with E-state index in [0.717, 1.165) is 27.9 Å². The maximum absolute atomic E-state index is 13.3. The van der Waals surface area contributed by atoms with Gasteiger partial charge in [-0.15, -0.1) is 0 Å². The van der Waals surface area contributed by atoms with Gasteiger partial charge in [0.05, 0.1) is 17.8 Å². The number of hydrogen-bond acceptors (Lipinski definition) is 4. The molecule has 1 aromatic heterocycles. The molecule has 0 atom stereocenters. The first kappa shape index (κ1) is 21.6. The van der Waals surface area contributed by atoms with E-state index in [1.807, 2.05) is 42.1 Å². The van der Waals surface area contributed by atoms with Crippen LogP contribution < -0.4 is 4.74 Å². The molecule has 0 spiro atoms. The van der Waals surface area contributed by atoms with Crippen molar-refractivity contribution >= 4 is 11.8 Å². The van der Waals surface area contributed by atoms with Crippen LogP contribution in [0.4, 0.5) is 0 Å². The lowest BCUT2D eigenvalue weighted by molar-refractivity contribution is -0.129. The summed E-state index contributed by atoms with van der Waals surface area (Å²) < 4.78 is 7.79. The third-order valence-electron chi connectivity index (χ3n) is 6.00. The number of aromatic nitrogens is 2. The summed E-state index contributed by atoms with van der Waals surface area (Å²) in [5.41, 5.74) is 5.83. The van der Waals surface area contributed by atoms with E-state index >= 15 is 0 Å². The Balaban J connectivity index is 1.63. The standard InChI is InChI=1S/C25H28N4O3/c1-17-18(2)24-22(25(31)28(12-13-32-24)16-23(30)27(3)4)15-20(17)14-19-6-8-21(9-7-19)29-11-5-10-26-29/h5-11,15H,12-14,16H2,1-4H3. The monoisotopic (exact) mass is 432 g/mol. The SMILES string of the molecule is Cc1c(Cc2ccc(-n3cccn3)cc2)cc2c(c1C)OCCN(CC(=O)N(C)C)C2=O. The van der Waals surface area contributed by atoms with E-state index in [1.165, 1.54) is 4.90 Å². The lowest BCUT2D eigenvalue weighted by Crippen LogP contribution is -2.41. The van der Waals surface area contributed by atoms with Crippen LogP contribution in [0.1, 0.15) is 32.6 Å². The molecule has 0 saturated heterocycles. The number of amides is 2. The van der Waals surface area contributed by atoms with Crippen LogP contribution in [0.3, 0.4) is 0 Å². The summed E-state index contributed by atoms with van der Waals surface area (Å²) >= 11 is 0. The number of nitrogens with zero attached hydrogens (tertiary/aromatic N) is 4. The highest BCUT2D eigenvalue weighted by Gasteiger charge is 2.28. The van der Waals surface area contributed by atoms with Crippen LogP contribution in [0.15, 0.2) is 48.8 Å². The predicted octanol–water partition coefficient (Wildman–Crippen LogP) is 3.00. The largest absolute Gasteiger partial charge is 0.491 e. The lowest BCUT2D eigenvalue weighted by atomic mass is 9.93. The van der Waals surface area contributed by atoms with Gasteiger partial charge in [0.25, 0.3) is 5.91 Å². The molecule has 1 aliphatic heterocycles. The van der Waals surface area contributed by atoms with Gasteiger partial charge in [-0.2, -0.15) is 5.10 Å². The van der Waals surface area contributed by atoms with E-state index < -0.39 is 0 Å². The highest BCUT2D eigenvalue weighted by Crippen LogP contribution is 2.33. The Bertz CT molecular complexity index is 1130. The number of benzene rings is 2. The molecule has 0 N–H and O–H groups in total. The number of likely N-dealkylation sites (N-methyl/N-ethyl adjacent to an activating group) is 1. The van der Waals surface area contributed by atoms with Crippen molar-refractivity contribution in [3.8, 4) is 11.4 Å². The van der Waals surface area contributed by atoms with Crippen LogP contribution in [0, 0.1) is 13.8 Å². The van der Waals surface area contributed by atoms with Gasteiger partial charge >= 0.3 is 0 Å². The van der Waals surface area contributed by atoms with Crippen molar-refractivity contribution in [2.45, 2.75) is 20.3 Å². The van der Waals surface area contributed by atoms with Crippen LogP contribution in [-0.4, -0.2) is 65.2 Å². The van der Waals surface area contributed by atoms with Crippen LogP contribution >= 0.6 is 0 Å². The minimum absolute atomic E-state index is 0.0474. The molecule has 0 fully saturated rings.